The summed E-state index contributed by atoms with van der Waals surface area (Å²) >= 11 is 0. The second kappa shape index (κ2) is 9.11. The Hall–Kier alpha value is -1.13. The third-order valence-electron chi connectivity index (χ3n) is 4.50. The van der Waals surface area contributed by atoms with Gasteiger partial charge in [-0.1, -0.05) is 31.4 Å². The molecule has 1 fully saturated rings. The molecule has 3 N–H and O–H groups in total. The van der Waals surface area contributed by atoms with Gasteiger partial charge in [0.25, 0.3) is 0 Å². The van der Waals surface area contributed by atoms with Crippen LogP contribution in [0.3, 0.4) is 0 Å². The Balaban J connectivity index is 0.00000242. The van der Waals surface area contributed by atoms with Crippen molar-refractivity contribution in [3.8, 4) is 0 Å². The highest BCUT2D eigenvalue weighted by Gasteiger charge is 2.34. The lowest BCUT2D eigenvalue weighted by atomic mass is 9.69. The van der Waals surface area contributed by atoms with Gasteiger partial charge in [0.05, 0.1) is 0 Å². The molecule has 1 aromatic rings. The van der Waals surface area contributed by atoms with Crippen LogP contribution < -0.4 is 11.1 Å². The molecule has 0 unspecified atom stereocenters. The highest BCUT2D eigenvalue weighted by Crippen LogP contribution is 2.39. The Morgan fingerprint density at radius 3 is 2.41 bits per heavy atom. The van der Waals surface area contributed by atoms with Crippen LogP contribution in [0.5, 0.6) is 0 Å². The van der Waals surface area contributed by atoms with Gasteiger partial charge in [-0.05, 0) is 43.5 Å². The third-order valence-corrected chi connectivity index (χ3v) is 4.50. The number of hydrogen-bond acceptors (Lipinski definition) is 2. The van der Waals surface area contributed by atoms with Crippen molar-refractivity contribution in [2.45, 2.75) is 50.4 Å². The smallest absolute Gasteiger partial charge is 0.220 e. The number of nitrogens with two attached hydrogens (primary N) is 1. The maximum atomic E-state index is 13.2. The number of carbonyl (C=O) groups excluding carboxylic acids is 1. The zero-order valence-electron chi connectivity index (χ0n) is 12.9. The van der Waals surface area contributed by atoms with Crippen molar-refractivity contribution in [2.24, 2.45) is 5.73 Å². The molecule has 124 valence electrons. The Labute approximate surface area is 138 Å². The van der Waals surface area contributed by atoms with Crippen LogP contribution in [0.2, 0.25) is 0 Å². The van der Waals surface area contributed by atoms with Crippen LogP contribution in [0.25, 0.3) is 0 Å². The maximum Gasteiger partial charge on any atom is 0.220 e. The van der Waals surface area contributed by atoms with E-state index in [4.69, 9.17) is 5.73 Å². The van der Waals surface area contributed by atoms with E-state index in [1.807, 2.05) is 12.1 Å². The summed E-state index contributed by atoms with van der Waals surface area (Å²) in [6, 6.07) is 6.77. The summed E-state index contributed by atoms with van der Waals surface area (Å²) in [4.78, 5) is 11.8. The molecular weight excluding hydrogens is 303 g/mol. The fourth-order valence-electron chi connectivity index (χ4n) is 3.22. The van der Waals surface area contributed by atoms with Gasteiger partial charge in [-0.3, -0.25) is 4.79 Å². The van der Waals surface area contributed by atoms with Crippen molar-refractivity contribution in [3.05, 3.63) is 35.6 Å². The van der Waals surface area contributed by atoms with Crippen LogP contribution in [-0.4, -0.2) is 19.0 Å². The SMILES string of the molecule is Cl.NCCCC(=O)NCC1(c2ccc(F)cc2)CCCCC1. The van der Waals surface area contributed by atoms with Gasteiger partial charge in [0.15, 0.2) is 0 Å². The molecule has 0 aliphatic heterocycles. The Kier molecular flexibility index (Phi) is 7.83. The predicted octanol–water partition coefficient (Wildman–Crippen LogP) is 3.30. The van der Waals surface area contributed by atoms with Crippen molar-refractivity contribution in [1.29, 1.82) is 0 Å². The Morgan fingerprint density at radius 1 is 1.18 bits per heavy atom. The molecule has 0 spiro atoms. The van der Waals surface area contributed by atoms with Crippen LogP contribution in [0, 0.1) is 5.82 Å². The fraction of sp³-hybridized carbons (Fsp3) is 0.588. The van der Waals surface area contributed by atoms with Crippen LogP contribution in [-0.2, 0) is 10.2 Å². The molecule has 1 aliphatic rings. The standard InChI is InChI=1S/C17H25FN2O.ClH/c18-15-8-6-14(7-9-15)17(10-2-1-3-11-17)13-20-16(21)5-4-12-19;/h6-9H,1-5,10-13,19H2,(H,20,21);1H. The minimum absolute atomic E-state index is 0. The molecule has 0 aromatic heterocycles. The highest BCUT2D eigenvalue weighted by molar-refractivity contribution is 5.85. The van der Waals surface area contributed by atoms with E-state index in [1.165, 1.54) is 18.6 Å². The van der Waals surface area contributed by atoms with Gasteiger partial charge >= 0.3 is 0 Å². The predicted molar refractivity (Wildman–Crippen MR) is 89.7 cm³/mol. The zero-order chi connectivity index (χ0) is 15.1. The van der Waals surface area contributed by atoms with E-state index in [0.29, 0.717) is 19.5 Å². The summed E-state index contributed by atoms with van der Waals surface area (Å²) < 4.78 is 13.2. The number of carbonyl (C=O) groups is 1. The fourth-order valence-corrected chi connectivity index (χ4v) is 3.22. The largest absolute Gasteiger partial charge is 0.355 e. The molecule has 5 heteroatoms. The molecule has 1 amide bonds. The number of rotatable bonds is 6. The van der Waals surface area contributed by atoms with E-state index < -0.39 is 0 Å². The second-order valence-electron chi connectivity index (χ2n) is 6.02. The Bertz CT molecular complexity index is 458. The van der Waals surface area contributed by atoms with E-state index in [9.17, 15) is 9.18 Å². The van der Waals surface area contributed by atoms with E-state index in [0.717, 1.165) is 37.7 Å². The van der Waals surface area contributed by atoms with Gasteiger partial charge in [-0.25, -0.2) is 4.39 Å². The van der Waals surface area contributed by atoms with Crippen molar-refractivity contribution >= 4 is 18.3 Å². The van der Waals surface area contributed by atoms with Gasteiger partial charge in [-0.2, -0.15) is 0 Å². The highest BCUT2D eigenvalue weighted by atomic mass is 35.5. The molecule has 3 nitrogen and oxygen atoms in total. The van der Waals surface area contributed by atoms with E-state index in [-0.39, 0.29) is 29.5 Å². The lowest BCUT2D eigenvalue weighted by Crippen LogP contribution is -2.42. The average Bonchev–Trinajstić information content (AvgIpc) is 2.52. The molecule has 1 aromatic carbocycles. The van der Waals surface area contributed by atoms with Crippen LogP contribution in [0.4, 0.5) is 4.39 Å². The number of hydrogen-bond donors (Lipinski definition) is 2. The number of nitrogens with one attached hydrogen (secondary N) is 1. The lowest BCUT2D eigenvalue weighted by molar-refractivity contribution is -0.121. The van der Waals surface area contributed by atoms with E-state index >= 15 is 0 Å². The topological polar surface area (TPSA) is 55.1 Å². The molecule has 0 radical (unpaired) electrons. The molecule has 1 saturated carbocycles. The summed E-state index contributed by atoms with van der Waals surface area (Å²) in [5.74, 6) is -0.149. The van der Waals surface area contributed by atoms with Crippen molar-refractivity contribution in [1.82, 2.24) is 5.32 Å². The molecule has 0 atom stereocenters. The molecule has 0 saturated heterocycles. The van der Waals surface area contributed by atoms with Crippen molar-refractivity contribution in [2.75, 3.05) is 13.1 Å². The van der Waals surface area contributed by atoms with Crippen LogP contribution in [0.15, 0.2) is 24.3 Å². The molecule has 22 heavy (non-hydrogen) atoms. The first-order valence-electron chi connectivity index (χ1n) is 7.89. The van der Waals surface area contributed by atoms with E-state index in [2.05, 4.69) is 5.32 Å². The first-order chi connectivity index (χ1) is 10.2. The summed E-state index contributed by atoms with van der Waals surface area (Å²) in [5.41, 5.74) is 6.54. The molecule has 2 rings (SSSR count). The lowest BCUT2D eigenvalue weighted by Gasteiger charge is -2.38. The van der Waals surface area contributed by atoms with Gasteiger partial charge in [0.2, 0.25) is 5.91 Å². The number of amides is 1. The van der Waals surface area contributed by atoms with Gasteiger partial charge in [0, 0.05) is 18.4 Å². The Morgan fingerprint density at radius 2 is 1.82 bits per heavy atom. The van der Waals surface area contributed by atoms with Crippen molar-refractivity contribution < 1.29 is 9.18 Å². The third kappa shape index (κ3) is 4.96. The molecular formula is C17H26ClFN2O. The molecule has 0 heterocycles. The van der Waals surface area contributed by atoms with Crippen molar-refractivity contribution in [3.63, 3.8) is 0 Å². The molecule has 1 aliphatic carbocycles. The monoisotopic (exact) mass is 328 g/mol. The van der Waals surface area contributed by atoms with Crippen LogP contribution in [0.1, 0.15) is 50.5 Å². The van der Waals surface area contributed by atoms with Gasteiger partial charge in [-0.15, -0.1) is 12.4 Å². The number of halogens is 2. The quantitative estimate of drug-likeness (QED) is 0.841. The zero-order valence-corrected chi connectivity index (χ0v) is 13.8. The summed E-state index contributed by atoms with van der Waals surface area (Å²) in [7, 11) is 0. The first kappa shape index (κ1) is 18.9. The molecule has 0 bridgehead atoms. The summed E-state index contributed by atoms with van der Waals surface area (Å²) in [6.07, 6.45) is 6.87. The number of benzene rings is 1. The minimum atomic E-state index is -0.211. The van der Waals surface area contributed by atoms with Gasteiger partial charge < -0.3 is 11.1 Å². The van der Waals surface area contributed by atoms with Gasteiger partial charge in [0.1, 0.15) is 5.82 Å². The second-order valence-corrected chi connectivity index (χ2v) is 6.02. The van der Waals surface area contributed by atoms with E-state index in [1.54, 1.807) is 0 Å². The average molecular weight is 329 g/mol. The van der Waals surface area contributed by atoms with Crippen LogP contribution >= 0.6 is 12.4 Å². The summed E-state index contributed by atoms with van der Waals surface area (Å²) in [6.45, 7) is 1.18. The minimum Gasteiger partial charge on any atom is -0.355 e. The normalized spacial score (nSPS) is 16.6. The first-order valence-corrected chi connectivity index (χ1v) is 7.89. The summed E-state index contributed by atoms with van der Waals surface area (Å²) in [5, 5.41) is 3.05. The maximum absolute atomic E-state index is 13.2.